The first-order valence-corrected chi connectivity index (χ1v) is 7.84. The van der Waals surface area contributed by atoms with Crippen LogP contribution in [0, 0.1) is 0 Å². The number of carbonyl (C=O) groups excluding carboxylic acids is 1. The van der Waals surface area contributed by atoms with Gasteiger partial charge < -0.3 is 15.4 Å². The zero-order valence-corrected chi connectivity index (χ0v) is 13.1. The molecule has 0 saturated carbocycles. The van der Waals surface area contributed by atoms with Crippen molar-refractivity contribution in [2.75, 3.05) is 6.61 Å². The van der Waals surface area contributed by atoms with Gasteiger partial charge in [0.05, 0.1) is 18.7 Å². The summed E-state index contributed by atoms with van der Waals surface area (Å²) in [5, 5.41) is 13.7. The van der Waals surface area contributed by atoms with Crippen LogP contribution >= 0.6 is 0 Å². The summed E-state index contributed by atoms with van der Waals surface area (Å²) >= 11 is 0. The number of urea groups is 1. The van der Waals surface area contributed by atoms with Gasteiger partial charge in [-0.15, -0.1) is 10.2 Å². The molecule has 23 heavy (non-hydrogen) atoms. The average molecular weight is 315 g/mol. The number of rotatable bonds is 5. The average Bonchev–Trinajstić information content (AvgIpc) is 3.25. The summed E-state index contributed by atoms with van der Waals surface area (Å²) in [5.41, 5.74) is 0.961. The van der Waals surface area contributed by atoms with E-state index in [-0.39, 0.29) is 18.2 Å². The number of nitrogens with zero attached hydrogens (tertiary/aromatic N) is 3. The van der Waals surface area contributed by atoms with E-state index in [9.17, 15) is 4.79 Å². The minimum absolute atomic E-state index is 0.00973. The van der Waals surface area contributed by atoms with Gasteiger partial charge in [-0.2, -0.15) is 0 Å². The van der Waals surface area contributed by atoms with E-state index in [4.69, 9.17) is 4.74 Å². The van der Waals surface area contributed by atoms with Gasteiger partial charge in [-0.3, -0.25) is 4.57 Å². The van der Waals surface area contributed by atoms with Crippen molar-refractivity contribution in [2.45, 2.75) is 38.5 Å². The molecule has 7 heteroatoms. The second kappa shape index (κ2) is 7.23. The summed E-state index contributed by atoms with van der Waals surface area (Å²) in [7, 11) is 0. The van der Waals surface area contributed by atoms with E-state index < -0.39 is 0 Å². The number of hydrogen-bond acceptors (Lipinski definition) is 4. The molecule has 7 nitrogen and oxygen atoms in total. The molecule has 122 valence electrons. The quantitative estimate of drug-likeness (QED) is 0.879. The Balaban J connectivity index is 1.54. The number of nitrogens with one attached hydrogen (secondary N) is 2. The molecule has 0 aliphatic carbocycles. The summed E-state index contributed by atoms with van der Waals surface area (Å²) in [4.78, 5) is 12.0. The lowest BCUT2D eigenvalue weighted by Crippen LogP contribution is -2.45. The Morgan fingerprint density at radius 2 is 2.26 bits per heavy atom. The predicted molar refractivity (Wildman–Crippen MR) is 85.2 cm³/mol. The van der Waals surface area contributed by atoms with Crippen LogP contribution in [0.15, 0.2) is 36.7 Å². The molecule has 1 aliphatic rings. The van der Waals surface area contributed by atoms with Gasteiger partial charge in [0, 0.05) is 12.3 Å². The van der Waals surface area contributed by atoms with Crippen molar-refractivity contribution < 1.29 is 9.53 Å². The number of ether oxygens (including phenoxy) is 1. The van der Waals surface area contributed by atoms with Crippen LogP contribution in [0.3, 0.4) is 0 Å². The van der Waals surface area contributed by atoms with Crippen LogP contribution in [0.25, 0.3) is 5.69 Å². The van der Waals surface area contributed by atoms with Gasteiger partial charge in [0.1, 0.15) is 6.33 Å². The Morgan fingerprint density at radius 3 is 3.00 bits per heavy atom. The zero-order valence-electron chi connectivity index (χ0n) is 13.1. The van der Waals surface area contributed by atoms with Crippen molar-refractivity contribution in [2.24, 2.45) is 0 Å². The minimum Gasteiger partial charge on any atom is -0.376 e. The monoisotopic (exact) mass is 315 g/mol. The van der Waals surface area contributed by atoms with E-state index in [2.05, 4.69) is 20.8 Å². The van der Waals surface area contributed by atoms with Crippen molar-refractivity contribution in [3.8, 4) is 5.69 Å². The first-order valence-electron chi connectivity index (χ1n) is 7.84. The van der Waals surface area contributed by atoms with Crippen molar-refractivity contribution >= 4 is 6.03 Å². The molecule has 2 heterocycles. The molecule has 2 aromatic rings. The molecule has 1 fully saturated rings. The molecule has 2 unspecified atom stereocenters. The third-order valence-corrected chi connectivity index (χ3v) is 3.94. The van der Waals surface area contributed by atoms with Crippen molar-refractivity contribution in [3.05, 3.63) is 42.5 Å². The van der Waals surface area contributed by atoms with Gasteiger partial charge in [0.2, 0.25) is 0 Å². The topological polar surface area (TPSA) is 81.1 Å². The summed E-state index contributed by atoms with van der Waals surface area (Å²) < 4.78 is 7.42. The third kappa shape index (κ3) is 3.87. The van der Waals surface area contributed by atoms with Crippen LogP contribution in [0.1, 0.15) is 25.6 Å². The van der Waals surface area contributed by atoms with E-state index >= 15 is 0 Å². The lowest BCUT2D eigenvalue weighted by Gasteiger charge is -2.20. The summed E-state index contributed by atoms with van der Waals surface area (Å²) in [6.07, 6.45) is 3.79. The summed E-state index contributed by atoms with van der Waals surface area (Å²) in [6, 6.07) is 9.54. The highest BCUT2D eigenvalue weighted by Gasteiger charge is 2.23. The van der Waals surface area contributed by atoms with Crippen LogP contribution in [0.5, 0.6) is 0 Å². The third-order valence-electron chi connectivity index (χ3n) is 3.94. The predicted octanol–water partition coefficient (Wildman–Crippen LogP) is 1.63. The van der Waals surface area contributed by atoms with E-state index in [0.717, 1.165) is 25.1 Å². The highest BCUT2D eigenvalue weighted by molar-refractivity contribution is 5.74. The lowest BCUT2D eigenvalue weighted by atomic mass is 10.1. The fourth-order valence-corrected chi connectivity index (χ4v) is 2.69. The van der Waals surface area contributed by atoms with Gasteiger partial charge in [0.15, 0.2) is 5.82 Å². The summed E-state index contributed by atoms with van der Waals surface area (Å²) in [6.45, 7) is 3.04. The second-order valence-electron chi connectivity index (χ2n) is 5.62. The second-order valence-corrected chi connectivity index (χ2v) is 5.62. The van der Waals surface area contributed by atoms with Crippen molar-refractivity contribution in [1.82, 2.24) is 25.4 Å². The molecule has 0 bridgehead atoms. The Bertz CT molecular complexity index is 637. The molecule has 1 saturated heterocycles. The number of carbonyl (C=O) groups is 1. The molecule has 2 atom stereocenters. The minimum atomic E-state index is -0.226. The molecule has 1 aromatic heterocycles. The fourth-order valence-electron chi connectivity index (χ4n) is 2.69. The zero-order chi connectivity index (χ0) is 16.1. The smallest absolute Gasteiger partial charge is 0.315 e. The van der Waals surface area contributed by atoms with E-state index in [1.807, 2.05) is 41.8 Å². The van der Waals surface area contributed by atoms with Gasteiger partial charge in [-0.25, -0.2) is 4.79 Å². The van der Waals surface area contributed by atoms with Crippen LogP contribution in [-0.2, 0) is 11.3 Å². The van der Waals surface area contributed by atoms with E-state index in [1.165, 1.54) is 0 Å². The molecule has 3 rings (SSSR count). The number of amides is 2. The van der Waals surface area contributed by atoms with Gasteiger partial charge in [-0.05, 0) is 31.9 Å². The number of aromatic nitrogens is 3. The highest BCUT2D eigenvalue weighted by atomic mass is 16.5. The standard InChI is InChI=1S/C16H21N5O2/c1-12(14-8-5-9-23-14)19-16(22)17-10-15-20-18-11-21(15)13-6-3-2-4-7-13/h2-4,6-7,11-12,14H,5,8-10H2,1H3,(H2,17,19,22). The fraction of sp³-hybridized carbons (Fsp3) is 0.438. The van der Waals surface area contributed by atoms with Crippen molar-refractivity contribution in [3.63, 3.8) is 0 Å². The van der Waals surface area contributed by atoms with Gasteiger partial charge in [0.25, 0.3) is 0 Å². The van der Waals surface area contributed by atoms with Crippen LogP contribution in [0.2, 0.25) is 0 Å². The van der Waals surface area contributed by atoms with Gasteiger partial charge in [-0.1, -0.05) is 18.2 Å². The normalized spacial score (nSPS) is 18.6. The molecule has 0 radical (unpaired) electrons. The first-order chi connectivity index (χ1) is 11.2. The van der Waals surface area contributed by atoms with E-state index in [1.54, 1.807) is 6.33 Å². The van der Waals surface area contributed by atoms with Crippen LogP contribution in [-0.4, -0.2) is 39.5 Å². The molecule has 2 amide bonds. The Morgan fingerprint density at radius 1 is 1.43 bits per heavy atom. The maximum atomic E-state index is 12.0. The molecule has 0 spiro atoms. The molecular formula is C16H21N5O2. The first kappa shape index (κ1) is 15.5. The number of hydrogen-bond donors (Lipinski definition) is 2. The molecule has 2 N–H and O–H groups in total. The van der Waals surface area contributed by atoms with Gasteiger partial charge >= 0.3 is 6.03 Å². The Labute approximate surface area is 135 Å². The SMILES string of the molecule is CC(NC(=O)NCc1nncn1-c1ccccc1)C1CCCO1. The van der Waals surface area contributed by atoms with E-state index in [0.29, 0.717) is 12.4 Å². The Hall–Kier alpha value is -2.41. The molecular weight excluding hydrogens is 294 g/mol. The van der Waals surface area contributed by atoms with Crippen molar-refractivity contribution in [1.29, 1.82) is 0 Å². The number of para-hydroxylation sites is 1. The lowest BCUT2D eigenvalue weighted by molar-refractivity contribution is 0.0860. The summed E-state index contributed by atoms with van der Waals surface area (Å²) in [5.74, 6) is 0.677. The highest BCUT2D eigenvalue weighted by Crippen LogP contribution is 2.15. The largest absolute Gasteiger partial charge is 0.376 e. The molecule has 1 aromatic carbocycles. The maximum Gasteiger partial charge on any atom is 0.315 e. The molecule has 1 aliphatic heterocycles. The maximum absolute atomic E-state index is 12.0. The van der Waals surface area contributed by atoms with Crippen LogP contribution in [0.4, 0.5) is 4.79 Å². The number of benzene rings is 1. The van der Waals surface area contributed by atoms with Crippen LogP contribution < -0.4 is 10.6 Å². The Kier molecular flexibility index (Phi) is 4.87.